The molecule has 14 heterocycles. The van der Waals surface area contributed by atoms with Crippen LogP contribution in [-0.4, -0.2) is 106 Å². The number of thiophene rings is 2. The predicted octanol–water partition coefficient (Wildman–Crippen LogP) is 11.2. The number of hydrogen-bond acceptors (Lipinski definition) is 27. The van der Waals surface area contributed by atoms with Gasteiger partial charge in [-0.2, -0.15) is 31.1 Å². The fourth-order valence-electron chi connectivity index (χ4n) is 3.89. The van der Waals surface area contributed by atoms with Gasteiger partial charge in [-0.05, 0) is 75.5 Å². The second-order valence-corrected chi connectivity index (χ2v) is 15.8. The summed E-state index contributed by atoms with van der Waals surface area (Å²) in [7, 11) is 0. The summed E-state index contributed by atoms with van der Waals surface area (Å²) in [5.41, 5.74) is 7.79. The molecule has 4 N–H and O–H groups in total. The van der Waals surface area contributed by atoms with Gasteiger partial charge in [0, 0.05) is 46.5 Å². The van der Waals surface area contributed by atoms with E-state index in [0.29, 0.717) is 0 Å². The summed E-state index contributed by atoms with van der Waals surface area (Å²) in [6, 6.07) is 30.0. The van der Waals surface area contributed by atoms with Crippen LogP contribution in [-0.2, 0) is 0 Å². The van der Waals surface area contributed by atoms with Gasteiger partial charge >= 0.3 is 0 Å². The van der Waals surface area contributed by atoms with Crippen molar-refractivity contribution < 1.29 is 22.2 Å². The number of imidazole rings is 1. The summed E-state index contributed by atoms with van der Waals surface area (Å²) < 4.78 is 27.8. The number of hydrogen-bond donors (Lipinski definition) is 4. The van der Waals surface area contributed by atoms with Gasteiger partial charge in [0.1, 0.15) is 47.4 Å². The average molecular weight is 1150 g/mol. The summed E-state index contributed by atoms with van der Waals surface area (Å²) in [6.45, 7) is 0. The van der Waals surface area contributed by atoms with Crippen LogP contribution in [0.4, 0.5) is 0 Å². The van der Waals surface area contributed by atoms with E-state index in [9.17, 15) is 0 Å². The summed E-state index contributed by atoms with van der Waals surface area (Å²) in [5, 5.41) is 51.8. The minimum atomic E-state index is 0.956. The number of H-pyrrole nitrogens is 4. The maximum atomic E-state index is 5.12. The van der Waals surface area contributed by atoms with E-state index in [4.69, 9.17) is 4.42 Å². The van der Waals surface area contributed by atoms with Crippen molar-refractivity contribution in [1.29, 1.82) is 0 Å². The fraction of sp³-hybridized carbons (Fsp3) is 0. The molecule has 78 heavy (non-hydrogen) atoms. The van der Waals surface area contributed by atoms with Crippen molar-refractivity contribution in [3.63, 3.8) is 0 Å². The highest BCUT2D eigenvalue weighted by Crippen LogP contribution is 2.19. The number of para-hydroxylation sites is 1. The molecule has 0 unspecified atom stereocenters. The third kappa shape index (κ3) is 39.3. The molecule has 0 spiro atoms. The Bertz CT molecular complexity index is 2360. The zero-order chi connectivity index (χ0) is 54.6. The number of rotatable bonds is 0. The molecule has 14 aromatic heterocycles. The number of nitrogens with zero attached hydrogens (tertiary/aromatic N) is 17. The SMILES string of the molecule is c1c[nH]cn1.c1ccc2occc2c1.c1ccc2sccc2c1.c1ccoc1.c1ccsc1.c1cn[nH]c1.c1cocn1.c1cscn1.c1nc[nH]n1.c1ncon1.c1ncsn1.c1nn[nH]n1.c1nnco1.c1nncs1. The van der Waals surface area contributed by atoms with Gasteiger partial charge in [-0.25, -0.2) is 24.9 Å². The molecular weight excluding hydrogens is 1100 g/mol. The van der Waals surface area contributed by atoms with Gasteiger partial charge in [0.25, 0.3) is 0 Å². The number of benzene rings is 2. The summed E-state index contributed by atoms with van der Waals surface area (Å²) in [6.07, 6.45) is 30.7. The van der Waals surface area contributed by atoms with Crippen molar-refractivity contribution in [2.45, 2.75) is 0 Å². The monoisotopic (exact) mass is 1150 g/mol. The normalized spacial score (nSPS) is 8.51. The first-order valence-corrected chi connectivity index (χ1v) is 26.0. The highest BCUT2D eigenvalue weighted by molar-refractivity contribution is 7.17. The lowest BCUT2D eigenvalue weighted by Gasteiger charge is -1.82. The van der Waals surface area contributed by atoms with E-state index in [1.54, 1.807) is 118 Å². The molecule has 0 radical (unpaired) electrons. The predicted molar refractivity (Wildman–Crippen MR) is 296 cm³/mol. The first kappa shape index (κ1) is 62.1. The number of nitrogens with one attached hydrogen (secondary N) is 4. The van der Waals surface area contributed by atoms with Gasteiger partial charge in [-0.3, -0.25) is 15.2 Å². The van der Waals surface area contributed by atoms with Crippen molar-refractivity contribution >= 4 is 77.9 Å². The first-order chi connectivity index (χ1) is 38.9. The molecule has 0 fully saturated rings. The lowest BCUT2D eigenvalue weighted by Crippen LogP contribution is -1.64. The zero-order valence-corrected chi connectivity index (χ0v) is 44.6. The molecule has 400 valence electrons. The van der Waals surface area contributed by atoms with Crippen molar-refractivity contribution in [3.8, 4) is 0 Å². The molecule has 0 saturated heterocycles. The molecule has 0 aliphatic rings. The Hall–Kier alpha value is -10.2. The van der Waals surface area contributed by atoms with Crippen LogP contribution in [0, 0.1) is 0 Å². The number of thiazole rings is 1. The van der Waals surface area contributed by atoms with E-state index in [1.165, 1.54) is 96.4 Å². The molecule has 0 atom stereocenters. The van der Waals surface area contributed by atoms with Crippen LogP contribution in [0.25, 0.3) is 21.1 Å². The molecule has 31 heteroatoms. The van der Waals surface area contributed by atoms with Crippen LogP contribution < -0.4 is 0 Å². The number of tetrazole rings is 1. The second kappa shape index (κ2) is 50.3. The van der Waals surface area contributed by atoms with Crippen LogP contribution in [0.2, 0.25) is 0 Å². The molecular formula is C47H47N21O5S5. The summed E-state index contributed by atoms with van der Waals surface area (Å²) in [4.78, 5) is 24.3. The third-order valence-electron chi connectivity index (χ3n) is 6.81. The molecule has 0 bridgehead atoms. The van der Waals surface area contributed by atoms with Gasteiger partial charge in [-0.15, -0.1) is 64.6 Å². The topological polar surface area (TPSA) is 348 Å². The molecule has 2 aromatic carbocycles. The Kier molecular flexibility index (Phi) is 40.1. The average Bonchev–Trinajstić information content (AvgIpc) is 4.34. The second-order valence-electron chi connectivity index (χ2n) is 11.9. The number of oxazole rings is 1. The van der Waals surface area contributed by atoms with E-state index in [-0.39, 0.29) is 0 Å². The van der Waals surface area contributed by atoms with Crippen molar-refractivity contribution in [3.05, 3.63) is 260 Å². The van der Waals surface area contributed by atoms with Gasteiger partial charge in [-0.1, -0.05) is 58.9 Å². The number of fused-ring (bicyclic) bond motifs is 2. The van der Waals surface area contributed by atoms with E-state index in [2.05, 4.69) is 159 Å². The highest BCUT2D eigenvalue weighted by atomic mass is 32.1. The third-order valence-corrected chi connectivity index (χ3v) is 9.72. The van der Waals surface area contributed by atoms with Crippen LogP contribution in [0.15, 0.2) is 283 Å². The standard InChI is InChI=1S/C8H6O.C8H6S.C4H4O.C4H4S.2C3H4N2.C3H3NO.C3H3NS.C2H3N3.2C2H2N2O.2C2H2N2S.CH2N4/c2*1-2-4-8-7(3-1)5-6-9-8;2*1-2-4-5-3-1;1-2-5-3-4-1;1-2-4-5-3-1;2*1-2-5-3-4-1;1-3-2-5-4-1;1-3-4-2-5-1;1-3-2-5-4-1;1-3-4-2-5-1;1-3-2-5-4-1;1-2-4-5-3-1/h2*1-6H;2*1-4H;2*1-3H,(H,4,5);2*1-3H;1-2H,(H,3,4,5);4*1-2H;1H,(H,2,3,4,5). The molecule has 16 rings (SSSR count). The van der Waals surface area contributed by atoms with Crippen molar-refractivity contribution in [2.24, 2.45) is 0 Å². The molecule has 16 aromatic rings. The lowest BCUT2D eigenvalue weighted by atomic mass is 10.3. The Morgan fingerprint density at radius 2 is 1.28 bits per heavy atom. The largest absolute Gasteiger partial charge is 0.473 e. The van der Waals surface area contributed by atoms with Crippen molar-refractivity contribution in [2.75, 3.05) is 0 Å². The minimum absolute atomic E-state index is 0.956. The Labute approximate surface area is 463 Å². The van der Waals surface area contributed by atoms with Gasteiger partial charge < -0.3 is 27.2 Å². The molecule has 0 amide bonds. The maximum Gasteiger partial charge on any atom is 0.213 e. The lowest BCUT2D eigenvalue weighted by molar-refractivity contribution is 0.416. The smallest absolute Gasteiger partial charge is 0.213 e. The van der Waals surface area contributed by atoms with Crippen LogP contribution in [0.3, 0.4) is 0 Å². The molecule has 0 aliphatic heterocycles. The molecule has 0 aliphatic carbocycles. The zero-order valence-electron chi connectivity index (χ0n) is 40.5. The van der Waals surface area contributed by atoms with E-state index in [1.807, 2.05) is 76.8 Å². The van der Waals surface area contributed by atoms with Crippen LogP contribution in [0.5, 0.6) is 0 Å². The highest BCUT2D eigenvalue weighted by Gasteiger charge is 1.90. The molecule has 26 nitrogen and oxygen atoms in total. The Morgan fingerprint density at radius 1 is 0.436 bits per heavy atom. The summed E-state index contributed by atoms with van der Waals surface area (Å²) >= 11 is 7.94. The maximum absolute atomic E-state index is 5.12. The van der Waals surface area contributed by atoms with Gasteiger partial charge in [0.2, 0.25) is 19.2 Å². The Balaban J connectivity index is 0.000000222. The molecule has 0 saturated carbocycles. The fourth-order valence-corrected chi connectivity index (χ4v) is 6.03. The van der Waals surface area contributed by atoms with Gasteiger partial charge in [0.05, 0.1) is 36.8 Å². The number of aromatic amines is 4. The first-order valence-electron chi connectivity index (χ1n) is 21.4. The van der Waals surface area contributed by atoms with E-state index < -0.39 is 0 Å². The van der Waals surface area contributed by atoms with E-state index in [0.717, 1.165) is 11.0 Å². The van der Waals surface area contributed by atoms with Crippen molar-refractivity contribution in [1.82, 2.24) is 106 Å². The summed E-state index contributed by atoms with van der Waals surface area (Å²) in [5.74, 6) is 0. The van der Waals surface area contributed by atoms with Crippen LogP contribution >= 0.6 is 56.9 Å². The minimum Gasteiger partial charge on any atom is -0.473 e. The number of aromatic nitrogens is 21. The Morgan fingerprint density at radius 3 is 1.63 bits per heavy atom. The van der Waals surface area contributed by atoms with E-state index >= 15 is 0 Å². The quantitative estimate of drug-likeness (QED) is 0.110. The van der Waals surface area contributed by atoms with Gasteiger partial charge in [0.15, 0.2) is 19.0 Å². The van der Waals surface area contributed by atoms with Crippen LogP contribution in [0.1, 0.15) is 0 Å². The number of furan rings is 2.